The Kier molecular flexibility index (Phi) is 6.52. The Morgan fingerprint density at radius 3 is 2.71 bits per heavy atom. The molecule has 0 unspecified atom stereocenters. The third kappa shape index (κ3) is 4.43. The third-order valence-electron chi connectivity index (χ3n) is 3.26. The van der Waals surface area contributed by atoms with Crippen LogP contribution in [0.3, 0.4) is 0 Å². The predicted molar refractivity (Wildman–Crippen MR) is 94.9 cm³/mol. The van der Waals surface area contributed by atoms with Crippen LogP contribution >= 0.6 is 11.8 Å². The van der Waals surface area contributed by atoms with Gasteiger partial charge in [0, 0.05) is 23.1 Å². The zero-order chi connectivity index (χ0) is 17.4. The summed E-state index contributed by atoms with van der Waals surface area (Å²) in [5.74, 6) is 1.48. The van der Waals surface area contributed by atoms with Crippen LogP contribution in [0, 0.1) is 11.3 Å². The fourth-order valence-electron chi connectivity index (χ4n) is 2.08. The summed E-state index contributed by atoms with van der Waals surface area (Å²) >= 11 is 1.54. The maximum atomic E-state index is 12.6. The molecule has 0 saturated carbocycles. The standard InChI is InChI=1S/C18H18N2O3S/c1-22-13-8-9-14(16(12-13)23-2)18(21)20-15-6-3-4-7-17(15)24-11-5-10-19/h3-4,6-9,12H,5,11H2,1-2H3,(H,20,21). The van der Waals surface area contributed by atoms with Crippen molar-refractivity contribution in [1.82, 2.24) is 0 Å². The van der Waals surface area contributed by atoms with Gasteiger partial charge in [-0.05, 0) is 24.3 Å². The van der Waals surface area contributed by atoms with Crippen molar-refractivity contribution >= 4 is 23.4 Å². The molecule has 0 aliphatic rings. The highest BCUT2D eigenvalue weighted by Gasteiger charge is 2.15. The van der Waals surface area contributed by atoms with Gasteiger partial charge in [0.05, 0.1) is 31.5 Å². The van der Waals surface area contributed by atoms with Crippen LogP contribution in [0.4, 0.5) is 5.69 Å². The monoisotopic (exact) mass is 342 g/mol. The lowest BCUT2D eigenvalue weighted by molar-refractivity contribution is 0.102. The van der Waals surface area contributed by atoms with Gasteiger partial charge in [0.15, 0.2) is 0 Å². The van der Waals surface area contributed by atoms with Crippen LogP contribution < -0.4 is 14.8 Å². The molecule has 0 saturated heterocycles. The number of benzene rings is 2. The van der Waals surface area contributed by atoms with Crippen molar-refractivity contribution in [1.29, 1.82) is 5.26 Å². The van der Waals surface area contributed by atoms with Crippen LogP contribution in [0.1, 0.15) is 16.8 Å². The molecule has 0 aliphatic carbocycles. The number of nitrogens with zero attached hydrogens (tertiary/aromatic N) is 1. The van der Waals surface area contributed by atoms with Crippen molar-refractivity contribution in [2.75, 3.05) is 25.3 Å². The van der Waals surface area contributed by atoms with Crippen LogP contribution in [-0.2, 0) is 0 Å². The molecule has 0 spiro atoms. The first kappa shape index (κ1) is 17.7. The number of carbonyl (C=O) groups excluding carboxylic acids is 1. The lowest BCUT2D eigenvalue weighted by Gasteiger charge is -2.13. The number of nitriles is 1. The predicted octanol–water partition coefficient (Wildman–Crippen LogP) is 3.96. The van der Waals surface area contributed by atoms with E-state index in [2.05, 4.69) is 11.4 Å². The molecule has 2 rings (SSSR count). The molecule has 0 heterocycles. The minimum absolute atomic E-state index is 0.261. The van der Waals surface area contributed by atoms with Crippen LogP contribution in [-0.4, -0.2) is 25.9 Å². The zero-order valence-corrected chi connectivity index (χ0v) is 14.4. The summed E-state index contributed by atoms with van der Waals surface area (Å²) in [6.45, 7) is 0. The Balaban J connectivity index is 2.20. The van der Waals surface area contributed by atoms with E-state index in [9.17, 15) is 4.79 Å². The van der Waals surface area contributed by atoms with Crippen molar-refractivity contribution in [2.45, 2.75) is 11.3 Å². The Morgan fingerprint density at radius 1 is 1.21 bits per heavy atom. The second kappa shape index (κ2) is 8.85. The number of carbonyl (C=O) groups is 1. The first-order chi connectivity index (χ1) is 11.7. The first-order valence-electron chi connectivity index (χ1n) is 7.31. The summed E-state index contributed by atoms with van der Waals surface area (Å²) in [5, 5.41) is 11.6. The normalized spacial score (nSPS) is 9.88. The molecule has 6 heteroatoms. The Labute approximate surface area is 145 Å². The molecule has 0 bridgehead atoms. The maximum absolute atomic E-state index is 12.6. The highest BCUT2D eigenvalue weighted by Crippen LogP contribution is 2.29. The van der Waals surface area contributed by atoms with Gasteiger partial charge >= 0.3 is 0 Å². The number of methoxy groups -OCH3 is 2. The number of rotatable bonds is 7. The number of nitrogens with one attached hydrogen (secondary N) is 1. The molecule has 124 valence electrons. The smallest absolute Gasteiger partial charge is 0.259 e. The quantitative estimate of drug-likeness (QED) is 0.609. The number of amides is 1. The highest BCUT2D eigenvalue weighted by atomic mass is 32.2. The van der Waals surface area contributed by atoms with E-state index < -0.39 is 0 Å². The number of para-hydroxylation sites is 1. The maximum Gasteiger partial charge on any atom is 0.259 e. The van der Waals surface area contributed by atoms with Crippen molar-refractivity contribution in [3.05, 3.63) is 48.0 Å². The molecule has 1 N–H and O–H groups in total. The molecule has 0 fully saturated rings. The van der Waals surface area contributed by atoms with Crippen molar-refractivity contribution in [2.24, 2.45) is 0 Å². The van der Waals surface area contributed by atoms with Gasteiger partial charge in [0.2, 0.25) is 0 Å². The van der Waals surface area contributed by atoms with E-state index in [4.69, 9.17) is 14.7 Å². The number of anilines is 1. The summed E-state index contributed by atoms with van der Waals surface area (Å²) in [4.78, 5) is 13.5. The molecule has 0 atom stereocenters. The molecule has 24 heavy (non-hydrogen) atoms. The van der Waals surface area contributed by atoms with Crippen molar-refractivity contribution in [3.63, 3.8) is 0 Å². The molecule has 2 aromatic rings. The average Bonchev–Trinajstić information content (AvgIpc) is 2.62. The zero-order valence-electron chi connectivity index (χ0n) is 13.5. The molecule has 1 amide bonds. The van der Waals surface area contributed by atoms with Gasteiger partial charge in [-0.1, -0.05) is 12.1 Å². The Hall–Kier alpha value is -2.65. The molecule has 0 aromatic heterocycles. The van der Waals surface area contributed by atoms with Crippen LogP contribution in [0.2, 0.25) is 0 Å². The topological polar surface area (TPSA) is 71.3 Å². The third-order valence-corrected chi connectivity index (χ3v) is 4.34. The minimum atomic E-state index is -0.261. The molecular formula is C18H18N2O3S. The molecule has 0 aliphatic heterocycles. The minimum Gasteiger partial charge on any atom is -0.497 e. The van der Waals surface area contributed by atoms with E-state index in [1.807, 2.05) is 24.3 Å². The van der Waals surface area contributed by atoms with E-state index in [0.29, 0.717) is 34.9 Å². The summed E-state index contributed by atoms with van der Waals surface area (Å²) < 4.78 is 10.4. The fourth-order valence-corrected chi connectivity index (χ4v) is 2.94. The van der Waals surface area contributed by atoms with Gasteiger partial charge in [-0.3, -0.25) is 4.79 Å². The van der Waals surface area contributed by atoms with Gasteiger partial charge in [-0.2, -0.15) is 5.26 Å². The van der Waals surface area contributed by atoms with E-state index >= 15 is 0 Å². The molecule has 5 nitrogen and oxygen atoms in total. The number of hydrogen-bond acceptors (Lipinski definition) is 5. The average molecular weight is 342 g/mol. The Bertz CT molecular complexity index is 756. The number of hydrogen-bond donors (Lipinski definition) is 1. The molecular weight excluding hydrogens is 324 g/mol. The summed E-state index contributed by atoms with van der Waals surface area (Å²) in [5.41, 5.74) is 1.14. The fraction of sp³-hybridized carbons (Fsp3) is 0.222. The first-order valence-corrected chi connectivity index (χ1v) is 8.30. The largest absolute Gasteiger partial charge is 0.497 e. The van der Waals surface area contributed by atoms with Crippen molar-refractivity contribution in [3.8, 4) is 17.6 Å². The highest BCUT2D eigenvalue weighted by molar-refractivity contribution is 7.99. The van der Waals surface area contributed by atoms with Gasteiger partial charge in [0.25, 0.3) is 5.91 Å². The van der Waals surface area contributed by atoms with Crippen LogP contribution in [0.5, 0.6) is 11.5 Å². The van der Waals surface area contributed by atoms with Gasteiger partial charge in [-0.15, -0.1) is 11.8 Å². The second-order valence-electron chi connectivity index (χ2n) is 4.77. The number of thioether (sulfide) groups is 1. The SMILES string of the molecule is COc1ccc(C(=O)Nc2ccccc2SCCC#N)c(OC)c1. The van der Waals surface area contributed by atoms with Crippen LogP contribution in [0.25, 0.3) is 0 Å². The number of ether oxygens (including phenoxy) is 2. The van der Waals surface area contributed by atoms with Crippen LogP contribution in [0.15, 0.2) is 47.4 Å². The lowest BCUT2D eigenvalue weighted by atomic mass is 10.1. The van der Waals surface area contributed by atoms with Gasteiger partial charge in [0.1, 0.15) is 11.5 Å². The van der Waals surface area contributed by atoms with E-state index in [1.165, 1.54) is 18.9 Å². The van der Waals surface area contributed by atoms with Gasteiger partial charge in [-0.25, -0.2) is 0 Å². The molecule has 0 radical (unpaired) electrons. The summed E-state index contributed by atoms with van der Waals surface area (Å²) in [7, 11) is 3.07. The van der Waals surface area contributed by atoms with E-state index in [-0.39, 0.29) is 5.91 Å². The van der Waals surface area contributed by atoms with Crippen molar-refractivity contribution < 1.29 is 14.3 Å². The summed E-state index contributed by atoms with van der Waals surface area (Å²) in [6.07, 6.45) is 0.458. The second-order valence-corrected chi connectivity index (χ2v) is 5.91. The lowest BCUT2D eigenvalue weighted by Crippen LogP contribution is -2.13. The molecule has 2 aromatic carbocycles. The van der Waals surface area contributed by atoms with E-state index in [0.717, 1.165) is 4.90 Å². The van der Waals surface area contributed by atoms with Gasteiger partial charge < -0.3 is 14.8 Å². The Morgan fingerprint density at radius 2 is 2.00 bits per heavy atom. The summed E-state index contributed by atoms with van der Waals surface area (Å²) in [6, 6.07) is 14.7. The van der Waals surface area contributed by atoms with E-state index in [1.54, 1.807) is 25.3 Å².